The summed E-state index contributed by atoms with van der Waals surface area (Å²) in [5.74, 6) is 1.78. The number of hydrogen-bond donors (Lipinski definition) is 2. The summed E-state index contributed by atoms with van der Waals surface area (Å²) in [7, 11) is 2.00. The van der Waals surface area contributed by atoms with Crippen LogP contribution in [0, 0.1) is 27.7 Å². The topological polar surface area (TPSA) is 93.4 Å². The predicted molar refractivity (Wildman–Crippen MR) is 256 cm³/mol. The van der Waals surface area contributed by atoms with Gasteiger partial charge in [0.1, 0.15) is 0 Å². The van der Waals surface area contributed by atoms with Crippen LogP contribution in [0.3, 0.4) is 0 Å². The quantitative estimate of drug-likeness (QED) is 0.109. The molecule has 0 amide bonds. The molecule has 0 aliphatic rings. The summed E-state index contributed by atoms with van der Waals surface area (Å²) in [4.78, 5) is 9.67. The number of rotatable bonds is 12. The van der Waals surface area contributed by atoms with Gasteiger partial charge in [0.05, 0.1) is 11.4 Å². The number of allylic oxidation sites excluding steroid dienone is 4. The van der Waals surface area contributed by atoms with Crippen LogP contribution < -0.4 is 0 Å². The molecule has 0 bridgehead atoms. The van der Waals surface area contributed by atoms with E-state index in [1.54, 1.807) is 0 Å². The van der Waals surface area contributed by atoms with E-state index >= 15 is 0 Å². The Bertz CT molecular complexity index is 1790. The molecular weight excluding hydrogens is 843 g/mol. The third-order valence-electron chi connectivity index (χ3n) is 9.55. The van der Waals surface area contributed by atoms with Gasteiger partial charge in [0, 0.05) is 64.6 Å². The molecule has 320 valence electrons. The molecule has 0 unspecified atom stereocenters. The Balaban J connectivity index is 0. The van der Waals surface area contributed by atoms with Crippen LogP contribution in [0.5, 0.6) is 0 Å². The van der Waals surface area contributed by atoms with Crippen molar-refractivity contribution in [2.75, 3.05) is 14.2 Å². The summed E-state index contributed by atoms with van der Waals surface area (Å²) in [5, 5.41) is 24.0. The van der Waals surface area contributed by atoms with Crippen LogP contribution in [0.2, 0.25) is 0 Å². The Labute approximate surface area is 391 Å². The molecular formula is C52H74N4O2Zn2-2. The first-order chi connectivity index (χ1) is 27.4. The van der Waals surface area contributed by atoms with Gasteiger partial charge in [0.25, 0.3) is 0 Å². The van der Waals surface area contributed by atoms with E-state index in [0.29, 0.717) is 23.7 Å². The van der Waals surface area contributed by atoms with Crippen LogP contribution >= 0.6 is 0 Å². The third kappa shape index (κ3) is 18.2. The van der Waals surface area contributed by atoms with Gasteiger partial charge in [-0.05, 0) is 87.5 Å². The zero-order chi connectivity index (χ0) is 44.3. The van der Waals surface area contributed by atoms with Crippen molar-refractivity contribution in [1.29, 1.82) is 0 Å². The zero-order valence-electron chi connectivity index (χ0n) is 40.5. The van der Waals surface area contributed by atoms with Gasteiger partial charge in [0.15, 0.2) is 0 Å². The molecule has 0 radical (unpaired) electrons. The second-order valence-corrected chi connectivity index (χ2v) is 16.0. The number of aliphatic imine (C=N–C) groups is 2. The van der Waals surface area contributed by atoms with Crippen molar-refractivity contribution in [1.82, 2.24) is 0 Å². The van der Waals surface area contributed by atoms with E-state index in [9.17, 15) is 0 Å². The van der Waals surface area contributed by atoms with Crippen LogP contribution in [0.25, 0.3) is 10.6 Å². The molecule has 60 heavy (non-hydrogen) atoms. The summed E-state index contributed by atoms with van der Waals surface area (Å²) in [6.45, 7) is 34.4. The van der Waals surface area contributed by atoms with Crippen molar-refractivity contribution in [3.05, 3.63) is 151 Å². The van der Waals surface area contributed by atoms with Gasteiger partial charge in [-0.25, -0.2) is 0 Å². The van der Waals surface area contributed by atoms with Crippen molar-refractivity contribution in [3.8, 4) is 0 Å². The molecule has 0 heterocycles. The molecule has 0 aliphatic carbocycles. The Kier molecular flexibility index (Phi) is 29.0. The van der Waals surface area contributed by atoms with Gasteiger partial charge in [-0.15, -0.1) is 11.4 Å². The summed E-state index contributed by atoms with van der Waals surface area (Å²) in [6, 6.07) is 25.6. The molecule has 0 spiro atoms. The first-order valence-corrected chi connectivity index (χ1v) is 20.6. The molecule has 0 fully saturated rings. The van der Waals surface area contributed by atoms with Crippen molar-refractivity contribution in [2.24, 2.45) is 9.98 Å². The maximum atomic E-state index is 7.00. The van der Waals surface area contributed by atoms with Crippen LogP contribution in [0.1, 0.15) is 151 Å². The Hall–Kier alpha value is -3.53. The minimum Gasteiger partial charge on any atom is -0.661 e. The fourth-order valence-electron chi connectivity index (χ4n) is 6.68. The van der Waals surface area contributed by atoms with Crippen LogP contribution in [0.4, 0.5) is 22.7 Å². The van der Waals surface area contributed by atoms with E-state index in [-0.39, 0.29) is 39.0 Å². The number of aliphatic hydroxyl groups excluding tert-OH is 2. The number of benzene rings is 4. The monoisotopic (exact) mass is 914 g/mol. The first-order valence-electron chi connectivity index (χ1n) is 20.6. The summed E-state index contributed by atoms with van der Waals surface area (Å²) < 4.78 is 0. The number of para-hydroxylation sites is 4. The number of aryl methyl sites for hydroxylation is 4. The minimum atomic E-state index is 0. The fraction of sp³-hybridized carbons (Fsp3) is 0.423. The largest absolute Gasteiger partial charge is 0.661 e. The number of aliphatic hydroxyl groups is 2. The predicted octanol–water partition coefficient (Wildman–Crippen LogP) is 15.7. The van der Waals surface area contributed by atoms with Gasteiger partial charge < -0.3 is 20.8 Å². The Morgan fingerprint density at radius 1 is 0.433 bits per heavy atom. The molecule has 4 aromatic rings. The third-order valence-corrected chi connectivity index (χ3v) is 9.55. The smallest absolute Gasteiger partial charge is 0.0691 e. The van der Waals surface area contributed by atoms with Gasteiger partial charge in [-0.1, -0.05) is 176 Å². The zero-order valence-corrected chi connectivity index (χ0v) is 46.4. The van der Waals surface area contributed by atoms with E-state index in [0.717, 1.165) is 59.8 Å². The molecule has 0 saturated carbocycles. The summed E-state index contributed by atoms with van der Waals surface area (Å²) >= 11 is 0. The SMILES string of the molecule is CC(/C=C(/C)[N-]c1c(C(C)C)cccc1C(C)C)=Nc1c(C)cccc1C.CC(/C=C(/C)[N-]c1c(C(C)C)cccc1C(C)C)=Nc1c(C)cccc1C.CO.CO.[Zn].[Zn]. The minimum absolute atomic E-state index is 0. The van der Waals surface area contributed by atoms with Gasteiger partial charge >= 0.3 is 0 Å². The van der Waals surface area contributed by atoms with Crippen molar-refractivity contribution >= 4 is 34.2 Å². The van der Waals surface area contributed by atoms with Crippen molar-refractivity contribution in [2.45, 2.75) is 134 Å². The Morgan fingerprint density at radius 2 is 0.650 bits per heavy atom. The molecule has 4 aromatic carbocycles. The molecule has 6 nitrogen and oxygen atoms in total. The normalized spacial score (nSPS) is 11.7. The molecule has 0 atom stereocenters. The maximum Gasteiger partial charge on any atom is 0.0691 e. The average Bonchev–Trinajstić information content (AvgIpc) is 3.16. The average molecular weight is 918 g/mol. The second-order valence-electron chi connectivity index (χ2n) is 16.0. The fourth-order valence-corrected chi connectivity index (χ4v) is 6.68. The van der Waals surface area contributed by atoms with Gasteiger partial charge in [-0.2, -0.15) is 11.4 Å². The van der Waals surface area contributed by atoms with E-state index in [1.807, 2.05) is 13.8 Å². The van der Waals surface area contributed by atoms with E-state index in [1.165, 1.54) is 44.5 Å². The molecule has 0 aliphatic heterocycles. The number of nitrogens with zero attached hydrogens (tertiary/aromatic N) is 4. The van der Waals surface area contributed by atoms with Gasteiger partial charge in [0.2, 0.25) is 0 Å². The molecule has 2 N–H and O–H groups in total. The molecule has 4 rings (SSSR count). The number of hydrogen-bond acceptors (Lipinski definition) is 4. The van der Waals surface area contributed by atoms with E-state index < -0.39 is 0 Å². The second kappa shape index (κ2) is 29.7. The van der Waals surface area contributed by atoms with Gasteiger partial charge in [-0.3, -0.25) is 9.98 Å². The molecule has 8 heteroatoms. The summed E-state index contributed by atoms with van der Waals surface area (Å²) in [5.41, 5.74) is 18.3. The van der Waals surface area contributed by atoms with E-state index in [4.69, 9.17) is 30.8 Å². The van der Waals surface area contributed by atoms with Crippen molar-refractivity contribution < 1.29 is 49.2 Å². The first kappa shape index (κ1) is 58.6. The molecule has 0 aromatic heterocycles. The van der Waals surface area contributed by atoms with Crippen molar-refractivity contribution in [3.63, 3.8) is 0 Å². The summed E-state index contributed by atoms with van der Waals surface area (Å²) in [6.07, 6.45) is 4.15. The standard InChI is InChI=1S/2C25H33N2.2CH4O.2Zn/c2*1-16(2)22-13-10-14-23(17(3)4)25(22)27-21(8)15-20(7)26-24-18(5)11-9-12-19(24)6;2*1-2;;/h2*9-17H,1-8H3;2*2H,1H3;;/q2*-1;;;;/b2*21-15-,26-20?;;;;. The maximum absolute atomic E-state index is 7.00. The molecule has 0 saturated heterocycles. The van der Waals surface area contributed by atoms with E-state index in [2.05, 4.69) is 182 Å². The Morgan fingerprint density at radius 3 is 0.867 bits per heavy atom. The van der Waals surface area contributed by atoms with Crippen LogP contribution in [0.15, 0.2) is 106 Å². The van der Waals surface area contributed by atoms with Crippen LogP contribution in [-0.4, -0.2) is 35.9 Å². The van der Waals surface area contributed by atoms with Crippen LogP contribution in [-0.2, 0) is 39.0 Å².